The third-order valence-corrected chi connectivity index (χ3v) is 4.60. The van der Waals surface area contributed by atoms with E-state index in [2.05, 4.69) is 0 Å². The van der Waals surface area contributed by atoms with Crippen molar-refractivity contribution in [2.75, 3.05) is 13.7 Å². The van der Waals surface area contributed by atoms with Gasteiger partial charge in [0.2, 0.25) is 0 Å². The summed E-state index contributed by atoms with van der Waals surface area (Å²) < 4.78 is 10.6. The van der Waals surface area contributed by atoms with Gasteiger partial charge in [0.1, 0.15) is 5.75 Å². The van der Waals surface area contributed by atoms with Gasteiger partial charge in [0.25, 0.3) is 5.91 Å². The SMILES string of the molecule is CCOc1ccccc1C=C1C(=O)N(Cc2ccccc2)C(C)=C1C(=O)OC. The van der Waals surface area contributed by atoms with Crippen LogP contribution in [0.15, 0.2) is 71.4 Å². The summed E-state index contributed by atoms with van der Waals surface area (Å²) in [6.07, 6.45) is 1.70. The Labute approximate surface area is 164 Å². The molecule has 144 valence electrons. The van der Waals surface area contributed by atoms with Crippen LogP contribution in [0.1, 0.15) is 25.0 Å². The third kappa shape index (κ3) is 3.83. The molecule has 0 atom stereocenters. The van der Waals surface area contributed by atoms with Crippen LogP contribution in [0.3, 0.4) is 0 Å². The van der Waals surface area contributed by atoms with Crippen molar-refractivity contribution in [3.05, 3.63) is 82.6 Å². The Morgan fingerprint density at radius 2 is 1.75 bits per heavy atom. The monoisotopic (exact) mass is 377 g/mol. The maximum Gasteiger partial charge on any atom is 0.340 e. The van der Waals surface area contributed by atoms with E-state index >= 15 is 0 Å². The van der Waals surface area contributed by atoms with Crippen LogP contribution in [0.2, 0.25) is 0 Å². The van der Waals surface area contributed by atoms with Gasteiger partial charge in [0, 0.05) is 11.3 Å². The van der Waals surface area contributed by atoms with E-state index in [1.165, 1.54) is 7.11 Å². The van der Waals surface area contributed by atoms with Crippen molar-refractivity contribution in [1.29, 1.82) is 0 Å². The predicted octanol–water partition coefficient (Wildman–Crippen LogP) is 3.96. The van der Waals surface area contributed by atoms with Crippen molar-refractivity contribution in [2.45, 2.75) is 20.4 Å². The molecule has 1 heterocycles. The first-order valence-corrected chi connectivity index (χ1v) is 9.15. The number of nitrogens with zero attached hydrogens (tertiary/aromatic N) is 1. The van der Waals surface area contributed by atoms with E-state index in [9.17, 15) is 9.59 Å². The van der Waals surface area contributed by atoms with Gasteiger partial charge in [-0.05, 0) is 31.6 Å². The Bertz CT molecular complexity index is 944. The first-order chi connectivity index (χ1) is 13.6. The molecule has 3 rings (SSSR count). The number of carbonyl (C=O) groups excluding carboxylic acids is 2. The van der Waals surface area contributed by atoms with Gasteiger partial charge in [-0.15, -0.1) is 0 Å². The summed E-state index contributed by atoms with van der Waals surface area (Å²) in [5, 5.41) is 0. The lowest BCUT2D eigenvalue weighted by molar-refractivity contribution is -0.136. The van der Waals surface area contributed by atoms with Crippen LogP contribution in [0.25, 0.3) is 6.08 Å². The van der Waals surface area contributed by atoms with E-state index < -0.39 is 5.97 Å². The Morgan fingerprint density at radius 3 is 2.43 bits per heavy atom. The molecule has 0 saturated heterocycles. The summed E-state index contributed by atoms with van der Waals surface area (Å²) in [5.74, 6) is -0.0942. The minimum atomic E-state index is -0.526. The summed E-state index contributed by atoms with van der Waals surface area (Å²) in [5.41, 5.74) is 2.90. The molecular weight excluding hydrogens is 354 g/mol. The molecule has 1 amide bonds. The summed E-state index contributed by atoms with van der Waals surface area (Å²) in [4.78, 5) is 27.2. The van der Waals surface area contributed by atoms with E-state index in [1.807, 2.05) is 61.5 Å². The van der Waals surface area contributed by atoms with E-state index in [1.54, 1.807) is 17.9 Å². The van der Waals surface area contributed by atoms with Gasteiger partial charge >= 0.3 is 5.97 Å². The number of rotatable bonds is 6. The fraction of sp³-hybridized carbons (Fsp3) is 0.217. The average Bonchev–Trinajstić information content (AvgIpc) is 2.94. The molecule has 0 unspecified atom stereocenters. The minimum Gasteiger partial charge on any atom is -0.493 e. The van der Waals surface area contributed by atoms with Gasteiger partial charge in [-0.2, -0.15) is 0 Å². The standard InChI is InChI=1S/C23H23NO4/c1-4-28-20-13-9-8-12-18(20)14-19-21(23(26)27-3)16(2)24(22(19)25)15-17-10-6-5-7-11-17/h5-14H,4,15H2,1-3H3. The molecule has 0 fully saturated rings. The summed E-state index contributed by atoms with van der Waals surface area (Å²) in [6.45, 7) is 4.56. The zero-order valence-electron chi connectivity index (χ0n) is 16.3. The number of benzene rings is 2. The number of allylic oxidation sites excluding steroid dienone is 1. The lowest BCUT2D eigenvalue weighted by atomic mass is 10.0. The van der Waals surface area contributed by atoms with E-state index in [0.717, 1.165) is 11.1 Å². The van der Waals surface area contributed by atoms with Crippen LogP contribution in [0.4, 0.5) is 0 Å². The number of carbonyl (C=O) groups is 2. The molecule has 28 heavy (non-hydrogen) atoms. The topological polar surface area (TPSA) is 55.8 Å². The lowest BCUT2D eigenvalue weighted by Gasteiger charge is -2.17. The Hall–Kier alpha value is -3.34. The van der Waals surface area contributed by atoms with Crippen LogP contribution < -0.4 is 4.74 Å². The Kier molecular flexibility index (Phi) is 5.94. The van der Waals surface area contributed by atoms with Gasteiger partial charge < -0.3 is 14.4 Å². The largest absolute Gasteiger partial charge is 0.493 e. The van der Waals surface area contributed by atoms with E-state index in [0.29, 0.717) is 30.2 Å². The van der Waals surface area contributed by atoms with Gasteiger partial charge in [-0.3, -0.25) is 4.79 Å². The highest BCUT2D eigenvalue weighted by molar-refractivity contribution is 6.16. The molecule has 0 aromatic heterocycles. The molecule has 1 aliphatic rings. The van der Waals surface area contributed by atoms with Crippen LogP contribution in [-0.4, -0.2) is 30.5 Å². The molecule has 0 bridgehead atoms. The molecule has 0 saturated carbocycles. The fourth-order valence-corrected chi connectivity index (χ4v) is 3.23. The second kappa shape index (κ2) is 8.57. The van der Waals surface area contributed by atoms with Crippen molar-refractivity contribution in [3.63, 3.8) is 0 Å². The Morgan fingerprint density at radius 1 is 1.07 bits per heavy atom. The van der Waals surface area contributed by atoms with Crippen LogP contribution in [-0.2, 0) is 20.9 Å². The highest BCUT2D eigenvalue weighted by Crippen LogP contribution is 2.34. The first kappa shape index (κ1) is 19.4. The van der Waals surface area contributed by atoms with Crippen molar-refractivity contribution >= 4 is 18.0 Å². The molecule has 0 spiro atoms. The number of amides is 1. The smallest absolute Gasteiger partial charge is 0.340 e. The second-order valence-electron chi connectivity index (χ2n) is 6.36. The van der Waals surface area contributed by atoms with E-state index in [4.69, 9.17) is 9.47 Å². The number of para-hydroxylation sites is 1. The van der Waals surface area contributed by atoms with Crippen molar-refractivity contribution in [3.8, 4) is 5.75 Å². The number of esters is 1. The highest BCUT2D eigenvalue weighted by Gasteiger charge is 2.37. The van der Waals surface area contributed by atoms with Gasteiger partial charge in [0.05, 0.1) is 31.4 Å². The zero-order chi connectivity index (χ0) is 20.1. The molecule has 0 aliphatic carbocycles. The predicted molar refractivity (Wildman–Crippen MR) is 107 cm³/mol. The minimum absolute atomic E-state index is 0.229. The van der Waals surface area contributed by atoms with Crippen LogP contribution in [0.5, 0.6) is 5.75 Å². The molecule has 2 aromatic rings. The highest BCUT2D eigenvalue weighted by atomic mass is 16.5. The van der Waals surface area contributed by atoms with Crippen molar-refractivity contribution in [1.82, 2.24) is 4.90 Å². The number of methoxy groups -OCH3 is 1. The normalized spacial score (nSPS) is 15.3. The van der Waals surface area contributed by atoms with Gasteiger partial charge in [0.15, 0.2) is 0 Å². The number of hydrogen-bond acceptors (Lipinski definition) is 4. The van der Waals surface area contributed by atoms with Gasteiger partial charge in [-0.25, -0.2) is 4.79 Å². The van der Waals surface area contributed by atoms with Crippen LogP contribution >= 0.6 is 0 Å². The third-order valence-electron chi connectivity index (χ3n) is 4.60. The average molecular weight is 377 g/mol. The second-order valence-corrected chi connectivity index (χ2v) is 6.36. The molecule has 5 heteroatoms. The van der Waals surface area contributed by atoms with Crippen LogP contribution in [0, 0.1) is 0 Å². The van der Waals surface area contributed by atoms with Crippen molar-refractivity contribution in [2.24, 2.45) is 0 Å². The van der Waals surface area contributed by atoms with Gasteiger partial charge in [-0.1, -0.05) is 48.5 Å². The number of ether oxygens (including phenoxy) is 2. The molecule has 0 radical (unpaired) electrons. The molecule has 0 N–H and O–H groups in total. The quantitative estimate of drug-likeness (QED) is 0.565. The first-order valence-electron chi connectivity index (χ1n) is 9.15. The molecular formula is C23H23NO4. The molecule has 5 nitrogen and oxygen atoms in total. The van der Waals surface area contributed by atoms with E-state index in [-0.39, 0.29) is 11.5 Å². The number of hydrogen-bond donors (Lipinski definition) is 0. The van der Waals surface area contributed by atoms with Crippen molar-refractivity contribution < 1.29 is 19.1 Å². The summed E-state index contributed by atoms with van der Waals surface area (Å²) in [7, 11) is 1.32. The zero-order valence-corrected chi connectivity index (χ0v) is 16.3. The molecule has 2 aromatic carbocycles. The molecule has 1 aliphatic heterocycles. The summed E-state index contributed by atoms with van der Waals surface area (Å²) in [6, 6.07) is 17.1. The fourth-order valence-electron chi connectivity index (χ4n) is 3.23. The Balaban J connectivity index is 2.05. The maximum absolute atomic E-state index is 13.2. The lowest BCUT2D eigenvalue weighted by Crippen LogP contribution is -2.24. The maximum atomic E-state index is 13.2. The summed E-state index contributed by atoms with van der Waals surface area (Å²) >= 11 is 0.